The van der Waals surface area contributed by atoms with Crippen LogP contribution in [0.1, 0.15) is 6.92 Å². The van der Waals surface area contributed by atoms with Gasteiger partial charge in [0.25, 0.3) is 0 Å². The van der Waals surface area contributed by atoms with E-state index >= 15 is 0 Å². The Hall–Kier alpha value is -2.03. The lowest BCUT2D eigenvalue weighted by molar-refractivity contribution is -0.149. The number of carbonyl (C=O) groups excluding carboxylic acids is 2. The minimum Gasteiger partial charge on any atom is -0.477 e. The molecule has 0 spiro atoms. The number of carboxylic acid groups (broad SMARTS) is 1. The summed E-state index contributed by atoms with van der Waals surface area (Å²) in [6, 6.07) is 0. The van der Waals surface area contributed by atoms with Gasteiger partial charge in [-0.1, -0.05) is 0 Å². The smallest absolute Gasteiger partial charge is 0.352 e. The summed E-state index contributed by atoms with van der Waals surface area (Å²) in [6.07, 6.45) is 0. The Kier molecular flexibility index (Phi) is 3.71. The summed E-state index contributed by atoms with van der Waals surface area (Å²) in [5.74, 6) is -3.01. The highest BCUT2D eigenvalue weighted by Crippen LogP contribution is 2.43. The largest absolute Gasteiger partial charge is 0.477 e. The fourth-order valence-corrected chi connectivity index (χ4v) is 3.54. The van der Waals surface area contributed by atoms with Crippen molar-refractivity contribution in [2.24, 2.45) is 11.7 Å². The number of nitrogens with one attached hydrogen (secondary N) is 1. The zero-order valence-corrected chi connectivity index (χ0v) is 11.4. The first-order valence-electron chi connectivity index (χ1n) is 5.72. The maximum absolute atomic E-state index is 11.9. The van der Waals surface area contributed by atoms with Gasteiger partial charge in [-0.15, -0.1) is 11.8 Å². The van der Waals surface area contributed by atoms with Crippen LogP contribution in [0.2, 0.25) is 0 Å². The van der Waals surface area contributed by atoms with Gasteiger partial charge in [-0.3, -0.25) is 19.9 Å². The molecule has 20 heavy (non-hydrogen) atoms. The standard InChI is InChI=1S/C11H13N3O5S/c1-4(15)19-2-5-3-20-10-6(8(12)13)9(16)14(10)7(5)11(17)18/h6,10H,2-3H2,1H3,(H3,12,13)(H,17,18)/t6-,10-/m1/s1. The van der Waals surface area contributed by atoms with Crippen LogP contribution in [-0.2, 0) is 19.1 Å². The van der Waals surface area contributed by atoms with Gasteiger partial charge < -0.3 is 15.6 Å². The van der Waals surface area contributed by atoms with Gasteiger partial charge in [-0.25, -0.2) is 4.79 Å². The number of nitrogens with zero attached hydrogens (tertiary/aromatic N) is 1. The Morgan fingerprint density at radius 3 is 2.75 bits per heavy atom. The molecule has 0 aliphatic carbocycles. The number of ether oxygens (including phenoxy) is 1. The zero-order chi connectivity index (χ0) is 15.0. The molecule has 8 nitrogen and oxygen atoms in total. The normalized spacial score (nSPS) is 24.9. The van der Waals surface area contributed by atoms with Crippen LogP contribution in [0.15, 0.2) is 11.3 Å². The van der Waals surface area contributed by atoms with E-state index in [0.29, 0.717) is 11.3 Å². The highest BCUT2D eigenvalue weighted by atomic mass is 32.2. The third kappa shape index (κ3) is 2.24. The van der Waals surface area contributed by atoms with Crippen LogP contribution in [0.5, 0.6) is 0 Å². The predicted octanol–water partition coefficient (Wildman–Crippen LogP) is -0.645. The second-order valence-corrected chi connectivity index (χ2v) is 5.49. The Morgan fingerprint density at radius 2 is 2.25 bits per heavy atom. The van der Waals surface area contributed by atoms with Crippen LogP contribution in [-0.4, -0.2) is 51.4 Å². The molecule has 2 heterocycles. The van der Waals surface area contributed by atoms with E-state index in [0.717, 1.165) is 4.90 Å². The number of nitrogens with two attached hydrogens (primary N) is 1. The Morgan fingerprint density at radius 1 is 1.60 bits per heavy atom. The molecule has 2 aliphatic heterocycles. The highest BCUT2D eigenvalue weighted by molar-refractivity contribution is 8.00. The van der Waals surface area contributed by atoms with Gasteiger partial charge in [-0.2, -0.15) is 0 Å². The summed E-state index contributed by atoms with van der Waals surface area (Å²) in [5.41, 5.74) is 5.54. The predicted molar refractivity (Wildman–Crippen MR) is 69.8 cm³/mol. The van der Waals surface area contributed by atoms with E-state index in [-0.39, 0.29) is 18.1 Å². The average molecular weight is 299 g/mol. The summed E-state index contributed by atoms with van der Waals surface area (Å²) < 4.78 is 4.80. The molecule has 0 saturated carbocycles. The van der Waals surface area contributed by atoms with Crippen molar-refractivity contribution in [3.05, 3.63) is 11.3 Å². The SMILES string of the molecule is CC(=O)OCC1=C(C(=O)O)N2C(=O)[C@@H](C(=N)N)[C@H]2SC1. The number of β-lactam (4-membered cyclic amide) rings is 1. The number of thioether (sulfide) groups is 1. The molecule has 2 aliphatic rings. The number of amides is 1. The van der Waals surface area contributed by atoms with E-state index in [1.807, 2.05) is 0 Å². The van der Waals surface area contributed by atoms with Crippen LogP contribution < -0.4 is 5.73 Å². The third-order valence-corrected chi connectivity index (χ3v) is 4.37. The van der Waals surface area contributed by atoms with Crippen molar-refractivity contribution in [1.29, 1.82) is 5.41 Å². The first-order valence-corrected chi connectivity index (χ1v) is 6.76. The molecule has 108 valence electrons. The number of hydrogen-bond donors (Lipinski definition) is 3. The lowest BCUT2D eigenvalue weighted by atomic mass is 9.94. The average Bonchev–Trinajstić information content (AvgIpc) is 2.34. The van der Waals surface area contributed by atoms with E-state index in [9.17, 15) is 19.5 Å². The molecule has 0 unspecified atom stereocenters. The molecule has 0 aromatic carbocycles. The van der Waals surface area contributed by atoms with Crippen LogP contribution in [0.25, 0.3) is 0 Å². The van der Waals surface area contributed by atoms with Crippen molar-refractivity contribution in [1.82, 2.24) is 4.90 Å². The second kappa shape index (κ2) is 5.16. The van der Waals surface area contributed by atoms with Crippen LogP contribution in [0.4, 0.5) is 0 Å². The Labute approximate surface area is 118 Å². The van der Waals surface area contributed by atoms with Crippen molar-refractivity contribution >= 4 is 35.4 Å². The van der Waals surface area contributed by atoms with E-state index in [2.05, 4.69) is 0 Å². The van der Waals surface area contributed by atoms with Crippen LogP contribution >= 0.6 is 11.8 Å². The van der Waals surface area contributed by atoms with Crippen molar-refractivity contribution in [2.45, 2.75) is 12.3 Å². The maximum Gasteiger partial charge on any atom is 0.352 e. The molecular formula is C11H13N3O5S. The molecular weight excluding hydrogens is 286 g/mol. The number of hydrogen-bond acceptors (Lipinski definition) is 6. The van der Waals surface area contributed by atoms with Crippen molar-refractivity contribution in [3.8, 4) is 0 Å². The van der Waals surface area contributed by atoms with Crippen molar-refractivity contribution < 1.29 is 24.2 Å². The van der Waals surface area contributed by atoms with Crippen molar-refractivity contribution in [2.75, 3.05) is 12.4 Å². The minimum absolute atomic E-state index is 0.162. The van der Waals surface area contributed by atoms with Gasteiger partial charge >= 0.3 is 11.9 Å². The number of carbonyl (C=O) groups is 3. The summed E-state index contributed by atoms with van der Waals surface area (Å²) in [5, 5.41) is 16.1. The summed E-state index contributed by atoms with van der Waals surface area (Å²) in [4.78, 5) is 35.2. The minimum atomic E-state index is -1.26. The Bertz CT molecular complexity index is 544. The van der Waals surface area contributed by atoms with Crippen LogP contribution in [0, 0.1) is 11.3 Å². The molecule has 9 heteroatoms. The van der Waals surface area contributed by atoms with Gasteiger partial charge in [-0.05, 0) is 0 Å². The van der Waals surface area contributed by atoms with E-state index < -0.39 is 29.1 Å². The Balaban J connectivity index is 2.28. The number of aliphatic carboxylic acids is 1. The van der Waals surface area contributed by atoms with Gasteiger partial charge in [0.15, 0.2) is 0 Å². The van der Waals surface area contributed by atoms with Crippen molar-refractivity contribution in [3.63, 3.8) is 0 Å². The molecule has 4 N–H and O–H groups in total. The van der Waals surface area contributed by atoms with E-state index in [1.54, 1.807) is 0 Å². The number of esters is 1. The van der Waals surface area contributed by atoms with Gasteiger partial charge in [0.1, 0.15) is 29.4 Å². The first kappa shape index (κ1) is 14.4. The molecule has 2 rings (SSSR count). The number of fused-ring (bicyclic) bond motifs is 1. The monoisotopic (exact) mass is 299 g/mol. The third-order valence-electron chi connectivity index (χ3n) is 3.03. The number of amidine groups is 1. The number of carboxylic acids is 1. The molecule has 1 fully saturated rings. The van der Waals surface area contributed by atoms with E-state index in [1.165, 1.54) is 18.7 Å². The molecule has 2 atom stereocenters. The number of rotatable bonds is 4. The molecule has 0 aromatic heterocycles. The molecule has 0 radical (unpaired) electrons. The van der Waals surface area contributed by atoms with Gasteiger partial charge in [0.2, 0.25) is 5.91 Å². The molecule has 0 aromatic rings. The lowest BCUT2D eigenvalue weighted by Crippen LogP contribution is -2.65. The zero-order valence-electron chi connectivity index (χ0n) is 10.6. The first-order chi connectivity index (χ1) is 9.34. The van der Waals surface area contributed by atoms with Gasteiger partial charge in [0.05, 0.1) is 0 Å². The molecule has 1 saturated heterocycles. The lowest BCUT2D eigenvalue weighted by Gasteiger charge is -2.48. The summed E-state index contributed by atoms with van der Waals surface area (Å²) >= 11 is 1.31. The van der Waals surface area contributed by atoms with Gasteiger partial charge in [0, 0.05) is 18.2 Å². The topological polar surface area (TPSA) is 134 Å². The van der Waals surface area contributed by atoms with E-state index in [4.69, 9.17) is 15.9 Å². The summed E-state index contributed by atoms with van der Waals surface area (Å²) in [7, 11) is 0. The quantitative estimate of drug-likeness (QED) is 0.272. The maximum atomic E-state index is 11.9. The second-order valence-electron chi connectivity index (χ2n) is 4.38. The summed E-state index contributed by atoms with van der Waals surface area (Å²) in [6.45, 7) is 1.06. The highest BCUT2D eigenvalue weighted by Gasteiger charge is 2.54. The van der Waals surface area contributed by atoms with Crippen LogP contribution in [0.3, 0.4) is 0 Å². The molecule has 1 amide bonds. The molecule has 0 bridgehead atoms. The fourth-order valence-electron chi connectivity index (χ4n) is 2.14. The fraction of sp³-hybridized carbons (Fsp3) is 0.455.